The summed E-state index contributed by atoms with van der Waals surface area (Å²) in [6.07, 6.45) is 0. The Hall–Kier alpha value is -1.55. The Morgan fingerprint density at radius 1 is 1.60 bits per heavy atom. The number of phenols is 1. The lowest BCUT2D eigenvalue weighted by atomic mass is 10.1. The van der Waals surface area contributed by atoms with E-state index in [-0.39, 0.29) is 17.6 Å². The summed E-state index contributed by atoms with van der Waals surface area (Å²) >= 11 is 0. The van der Waals surface area contributed by atoms with Crippen LogP contribution in [0.5, 0.6) is 5.75 Å². The Bertz CT molecular complexity index is 364. The third-order valence-corrected chi connectivity index (χ3v) is 2.27. The van der Waals surface area contributed by atoms with E-state index in [4.69, 9.17) is 5.73 Å². The van der Waals surface area contributed by atoms with Crippen molar-refractivity contribution in [1.82, 2.24) is 0 Å². The molecule has 1 aromatic carbocycles. The Labute approximate surface area is 89.1 Å². The highest BCUT2D eigenvalue weighted by Crippen LogP contribution is 2.20. The van der Waals surface area contributed by atoms with Gasteiger partial charge in [-0.1, -0.05) is 6.92 Å². The van der Waals surface area contributed by atoms with Gasteiger partial charge in [0.25, 0.3) is 0 Å². The first-order valence-electron chi connectivity index (χ1n) is 4.85. The number of aryl methyl sites for hydroxylation is 1. The van der Waals surface area contributed by atoms with Crippen LogP contribution in [0.2, 0.25) is 0 Å². The number of nitrogens with two attached hydrogens (primary N) is 1. The molecule has 4 N–H and O–H groups in total. The maximum Gasteiger partial charge on any atom is 0.228 e. The smallest absolute Gasteiger partial charge is 0.228 e. The summed E-state index contributed by atoms with van der Waals surface area (Å²) in [7, 11) is 0. The molecule has 0 saturated heterocycles. The summed E-state index contributed by atoms with van der Waals surface area (Å²) in [5.74, 6) is -0.123. The molecular weight excluding hydrogens is 192 g/mol. The molecule has 0 aromatic heterocycles. The van der Waals surface area contributed by atoms with Crippen molar-refractivity contribution in [2.24, 2.45) is 11.7 Å². The quantitative estimate of drug-likeness (QED) is 0.654. The van der Waals surface area contributed by atoms with Gasteiger partial charge >= 0.3 is 0 Å². The average Bonchev–Trinajstić information content (AvgIpc) is 2.20. The Morgan fingerprint density at radius 2 is 2.27 bits per heavy atom. The summed E-state index contributed by atoms with van der Waals surface area (Å²) in [6, 6.07) is 4.81. The van der Waals surface area contributed by atoms with Gasteiger partial charge in [0, 0.05) is 18.2 Å². The highest BCUT2D eigenvalue weighted by Gasteiger charge is 2.11. The lowest BCUT2D eigenvalue weighted by molar-refractivity contribution is -0.119. The fourth-order valence-electron chi connectivity index (χ4n) is 1.15. The second-order valence-corrected chi connectivity index (χ2v) is 3.63. The number of anilines is 1. The number of aromatic hydroxyl groups is 1. The van der Waals surface area contributed by atoms with E-state index in [0.29, 0.717) is 12.2 Å². The molecule has 15 heavy (non-hydrogen) atoms. The van der Waals surface area contributed by atoms with Crippen LogP contribution in [0, 0.1) is 12.8 Å². The molecule has 0 radical (unpaired) electrons. The fourth-order valence-corrected chi connectivity index (χ4v) is 1.15. The molecule has 82 valence electrons. The van der Waals surface area contributed by atoms with E-state index in [1.54, 1.807) is 19.1 Å². The van der Waals surface area contributed by atoms with Gasteiger partial charge in [0.1, 0.15) is 5.75 Å². The van der Waals surface area contributed by atoms with Crippen molar-refractivity contribution in [3.8, 4) is 5.75 Å². The number of hydrogen-bond acceptors (Lipinski definition) is 3. The molecule has 0 spiro atoms. The van der Waals surface area contributed by atoms with Crippen LogP contribution in [0.3, 0.4) is 0 Å². The van der Waals surface area contributed by atoms with Crippen LogP contribution in [-0.4, -0.2) is 17.6 Å². The van der Waals surface area contributed by atoms with Crippen molar-refractivity contribution in [2.75, 3.05) is 11.9 Å². The summed E-state index contributed by atoms with van der Waals surface area (Å²) in [6.45, 7) is 3.91. The second-order valence-electron chi connectivity index (χ2n) is 3.63. The number of rotatable bonds is 3. The lowest BCUT2D eigenvalue weighted by Gasteiger charge is -2.12. The average molecular weight is 208 g/mol. The van der Waals surface area contributed by atoms with Gasteiger partial charge in [-0.05, 0) is 30.7 Å². The van der Waals surface area contributed by atoms with Gasteiger partial charge < -0.3 is 16.2 Å². The summed E-state index contributed by atoms with van der Waals surface area (Å²) in [5.41, 5.74) is 6.92. The first-order chi connectivity index (χ1) is 7.04. The van der Waals surface area contributed by atoms with Crippen molar-refractivity contribution in [2.45, 2.75) is 13.8 Å². The molecule has 0 bridgehead atoms. The van der Waals surface area contributed by atoms with Gasteiger partial charge in [-0.2, -0.15) is 0 Å². The standard InChI is InChI=1S/C11H16N2O2/c1-7-5-9(14)3-4-10(7)13-11(15)8(2)6-12/h3-5,8,14H,6,12H2,1-2H3,(H,13,15). The van der Waals surface area contributed by atoms with Gasteiger partial charge in [0.05, 0.1) is 0 Å². The van der Waals surface area contributed by atoms with Gasteiger partial charge in [0.2, 0.25) is 5.91 Å². The molecule has 1 unspecified atom stereocenters. The zero-order valence-corrected chi connectivity index (χ0v) is 8.95. The van der Waals surface area contributed by atoms with Crippen LogP contribution in [0.4, 0.5) is 5.69 Å². The third-order valence-electron chi connectivity index (χ3n) is 2.27. The number of hydrogen-bond donors (Lipinski definition) is 3. The van der Waals surface area contributed by atoms with Crippen LogP contribution in [0.25, 0.3) is 0 Å². The number of nitrogens with one attached hydrogen (secondary N) is 1. The monoisotopic (exact) mass is 208 g/mol. The van der Waals surface area contributed by atoms with Gasteiger partial charge in [-0.25, -0.2) is 0 Å². The van der Waals surface area contributed by atoms with Crippen molar-refractivity contribution < 1.29 is 9.90 Å². The number of benzene rings is 1. The minimum atomic E-state index is -0.210. The maximum absolute atomic E-state index is 11.5. The molecule has 1 atom stereocenters. The van der Waals surface area contributed by atoms with E-state index in [9.17, 15) is 9.90 Å². The predicted octanol–water partition coefficient (Wildman–Crippen LogP) is 1.23. The third kappa shape index (κ3) is 2.95. The van der Waals surface area contributed by atoms with Crippen LogP contribution < -0.4 is 11.1 Å². The van der Waals surface area contributed by atoms with Crippen molar-refractivity contribution in [1.29, 1.82) is 0 Å². The highest BCUT2D eigenvalue weighted by molar-refractivity contribution is 5.93. The fraction of sp³-hybridized carbons (Fsp3) is 0.364. The number of carbonyl (C=O) groups excluding carboxylic acids is 1. The summed E-state index contributed by atoms with van der Waals surface area (Å²) in [5, 5.41) is 12.0. The maximum atomic E-state index is 11.5. The van der Waals surface area contributed by atoms with E-state index >= 15 is 0 Å². The zero-order chi connectivity index (χ0) is 11.4. The van der Waals surface area contributed by atoms with Crippen molar-refractivity contribution >= 4 is 11.6 Å². The van der Waals surface area contributed by atoms with E-state index in [1.165, 1.54) is 6.07 Å². The van der Waals surface area contributed by atoms with E-state index < -0.39 is 0 Å². The van der Waals surface area contributed by atoms with Crippen LogP contribution in [0.15, 0.2) is 18.2 Å². The zero-order valence-electron chi connectivity index (χ0n) is 8.95. The molecule has 0 aliphatic heterocycles. The van der Waals surface area contributed by atoms with Gasteiger partial charge in [-0.3, -0.25) is 4.79 Å². The summed E-state index contributed by atoms with van der Waals surface area (Å²) < 4.78 is 0. The number of phenolic OH excluding ortho intramolecular Hbond substituents is 1. The molecule has 1 aromatic rings. The molecule has 4 heteroatoms. The number of carbonyl (C=O) groups is 1. The van der Waals surface area contributed by atoms with Gasteiger partial charge in [-0.15, -0.1) is 0 Å². The molecule has 4 nitrogen and oxygen atoms in total. The molecule has 0 heterocycles. The molecular formula is C11H16N2O2. The van der Waals surface area contributed by atoms with Crippen LogP contribution in [0.1, 0.15) is 12.5 Å². The largest absolute Gasteiger partial charge is 0.508 e. The molecule has 0 saturated carbocycles. The van der Waals surface area contributed by atoms with E-state index in [1.807, 2.05) is 6.92 Å². The number of amides is 1. The molecule has 1 rings (SSSR count). The SMILES string of the molecule is Cc1cc(O)ccc1NC(=O)C(C)CN. The topological polar surface area (TPSA) is 75.3 Å². The van der Waals surface area contributed by atoms with E-state index in [0.717, 1.165) is 5.56 Å². The molecule has 0 aliphatic carbocycles. The lowest BCUT2D eigenvalue weighted by Crippen LogP contribution is -2.26. The highest BCUT2D eigenvalue weighted by atomic mass is 16.3. The van der Waals surface area contributed by atoms with E-state index in [2.05, 4.69) is 5.32 Å². The molecule has 0 fully saturated rings. The van der Waals surface area contributed by atoms with Crippen LogP contribution in [-0.2, 0) is 4.79 Å². The minimum Gasteiger partial charge on any atom is -0.508 e. The van der Waals surface area contributed by atoms with Crippen molar-refractivity contribution in [3.63, 3.8) is 0 Å². The minimum absolute atomic E-state index is 0.105. The molecule has 0 aliphatic rings. The Morgan fingerprint density at radius 3 is 2.80 bits per heavy atom. The Balaban J connectivity index is 2.77. The summed E-state index contributed by atoms with van der Waals surface area (Å²) in [4.78, 5) is 11.5. The first-order valence-corrected chi connectivity index (χ1v) is 4.85. The van der Waals surface area contributed by atoms with Crippen LogP contribution >= 0.6 is 0 Å². The normalized spacial score (nSPS) is 12.2. The van der Waals surface area contributed by atoms with Crippen molar-refractivity contribution in [3.05, 3.63) is 23.8 Å². The molecule has 1 amide bonds. The second kappa shape index (κ2) is 4.79. The van der Waals surface area contributed by atoms with Gasteiger partial charge in [0.15, 0.2) is 0 Å². The first kappa shape index (κ1) is 11.5. The Kier molecular flexibility index (Phi) is 3.68. The predicted molar refractivity (Wildman–Crippen MR) is 59.7 cm³/mol.